The molecule has 0 aliphatic rings. The van der Waals surface area contributed by atoms with Crippen molar-refractivity contribution in [3.63, 3.8) is 0 Å². The molecule has 0 aromatic rings. The molecule has 0 rings (SSSR count). The van der Waals surface area contributed by atoms with Crippen LogP contribution in [0.15, 0.2) is 36.5 Å². The summed E-state index contributed by atoms with van der Waals surface area (Å²) in [5.74, 6) is 0. The van der Waals surface area contributed by atoms with Crippen LogP contribution in [-0.4, -0.2) is 0 Å². The summed E-state index contributed by atoms with van der Waals surface area (Å²) in [6.45, 7) is 19.7. The Bertz CT molecular complexity index is 149. The average Bonchev–Trinajstić information content (AvgIpc) is 2.30. The zero-order valence-corrected chi connectivity index (χ0v) is 11.0. The lowest BCUT2D eigenvalue weighted by Crippen LogP contribution is -1.81. The van der Waals surface area contributed by atoms with Gasteiger partial charge in [0, 0.05) is 0 Å². The summed E-state index contributed by atoms with van der Waals surface area (Å²) in [5.41, 5.74) is 2.56. The fourth-order valence-electron chi connectivity index (χ4n) is 0.861. The third-order valence-electron chi connectivity index (χ3n) is 1.58. The van der Waals surface area contributed by atoms with Gasteiger partial charge in [-0.05, 0) is 24.5 Å². The Morgan fingerprint density at radius 1 is 1.00 bits per heavy atom. The van der Waals surface area contributed by atoms with Gasteiger partial charge in [0.15, 0.2) is 0 Å². The van der Waals surface area contributed by atoms with Crippen molar-refractivity contribution in [2.24, 2.45) is 0 Å². The topological polar surface area (TPSA) is 0 Å². The monoisotopic (exact) mass is 196 g/mol. The van der Waals surface area contributed by atoms with E-state index in [0.717, 1.165) is 6.42 Å². The van der Waals surface area contributed by atoms with Gasteiger partial charge in [-0.1, -0.05) is 66.3 Å². The molecule has 0 heteroatoms. The molecule has 0 aromatic heterocycles. The number of hydrogen-bond acceptors (Lipinski definition) is 0. The van der Waals surface area contributed by atoms with E-state index in [1.54, 1.807) is 0 Å². The number of hydrogen-bond donors (Lipinski definition) is 0. The van der Waals surface area contributed by atoms with E-state index in [2.05, 4.69) is 27.0 Å². The Balaban J connectivity index is -0.000000266. The minimum absolute atomic E-state index is 1.11. The van der Waals surface area contributed by atoms with Crippen molar-refractivity contribution in [1.82, 2.24) is 0 Å². The van der Waals surface area contributed by atoms with Gasteiger partial charge >= 0.3 is 0 Å². The fourth-order valence-corrected chi connectivity index (χ4v) is 0.861. The standard InChI is InChI=1S/C10H16.2C2H6/c1-5-8-10(7-3)9(4)6-2;2*1-2/h6-7H,2-3,5,8H2,1,4H3;2*1-2H3/b10-9+;;. The van der Waals surface area contributed by atoms with Gasteiger partial charge in [-0.2, -0.15) is 0 Å². The SMILES string of the molecule is C=C/C(C)=C(\C=C)CCC.CC.CC. The molecular formula is C14H28. The van der Waals surface area contributed by atoms with Crippen molar-refractivity contribution in [2.45, 2.75) is 54.4 Å². The summed E-state index contributed by atoms with van der Waals surface area (Å²) in [7, 11) is 0. The minimum Gasteiger partial charge on any atom is -0.0988 e. The Morgan fingerprint density at radius 3 is 1.64 bits per heavy atom. The van der Waals surface area contributed by atoms with Crippen LogP contribution >= 0.6 is 0 Å². The fraction of sp³-hybridized carbons (Fsp3) is 0.571. The van der Waals surface area contributed by atoms with E-state index in [4.69, 9.17) is 0 Å². The molecule has 0 saturated carbocycles. The second-order valence-electron chi connectivity index (χ2n) is 2.37. The first-order valence-electron chi connectivity index (χ1n) is 5.70. The predicted octanol–water partition coefficient (Wildman–Crippen LogP) is 5.53. The molecule has 0 amide bonds. The summed E-state index contributed by atoms with van der Waals surface area (Å²) in [5, 5.41) is 0. The van der Waals surface area contributed by atoms with Crippen molar-refractivity contribution < 1.29 is 0 Å². The van der Waals surface area contributed by atoms with Crippen LogP contribution in [0.25, 0.3) is 0 Å². The Labute approximate surface area is 91.4 Å². The van der Waals surface area contributed by atoms with E-state index < -0.39 is 0 Å². The van der Waals surface area contributed by atoms with E-state index in [1.165, 1.54) is 17.6 Å². The maximum Gasteiger partial charge on any atom is -0.0279 e. The Kier molecular flexibility index (Phi) is 24.4. The van der Waals surface area contributed by atoms with E-state index in [0.29, 0.717) is 0 Å². The lowest BCUT2D eigenvalue weighted by molar-refractivity contribution is 0.918. The smallest absolute Gasteiger partial charge is 0.0279 e. The molecule has 0 radical (unpaired) electrons. The first-order valence-corrected chi connectivity index (χ1v) is 5.70. The van der Waals surface area contributed by atoms with Crippen LogP contribution in [0.1, 0.15) is 54.4 Å². The van der Waals surface area contributed by atoms with Gasteiger partial charge in [0.25, 0.3) is 0 Å². The molecule has 84 valence electrons. The highest BCUT2D eigenvalue weighted by molar-refractivity contribution is 5.29. The second kappa shape index (κ2) is 18.1. The molecule has 0 aliphatic carbocycles. The summed E-state index contributed by atoms with van der Waals surface area (Å²) in [4.78, 5) is 0. The quantitative estimate of drug-likeness (QED) is 0.519. The van der Waals surface area contributed by atoms with E-state index in [-0.39, 0.29) is 0 Å². The molecule has 0 heterocycles. The van der Waals surface area contributed by atoms with Crippen LogP contribution in [0.5, 0.6) is 0 Å². The van der Waals surface area contributed by atoms with Gasteiger partial charge in [0.1, 0.15) is 0 Å². The third-order valence-corrected chi connectivity index (χ3v) is 1.58. The molecule has 14 heavy (non-hydrogen) atoms. The van der Waals surface area contributed by atoms with Crippen molar-refractivity contribution in [3.05, 3.63) is 36.5 Å². The molecule has 0 N–H and O–H groups in total. The molecule has 0 bridgehead atoms. The van der Waals surface area contributed by atoms with Gasteiger partial charge in [0.05, 0.1) is 0 Å². The second-order valence-corrected chi connectivity index (χ2v) is 2.37. The van der Waals surface area contributed by atoms with Crippen LogP contribution < -0.4 is 0 Å². The molecular weight excluding hydrogens is 168 g/mol. The van der Waals surface area contributed by atoms with E-state index >= 15 is 0 Å². The highest BCUT2D eigenvalue weighted by Gasteiger charge is 1.91. The minimum atomic E-state index is 1.11. The van der Waals surface area contributed by atoms with Gasteiger partial charge in [-0.3, -0.25) is 0 Å². The Morgan fingerprint density at radius 2 is 1.43 bits per heavy atom. The van der Waals surface area contributed by atoms with Crippen LogP contribution in [0.2, 0.25) is 0 Å². The number of allylic oxidation sites excluding steroid dienone is 4. The average molecular weight is 196 g/mol. The van der Waals surface area contributed by atoms with E-state index in [1.807, 2.05) is 39.8 Å². The highest BCUT2D eigenvalue weighted by atomic mass is 14.0. The van der Waals surface area contributed by atoms with Crippen LogP contribution in [0.3, 0.4) is 0 Å². The first kappa shape index (κ1) is 18.9. The van der Waals surface area contributed by atoms with Gasteiger partial charge in [-0.25, -0.2) is 0 Å². The largest absolute Gasteiger partial charge is 0.0988 e. The third kappa shape index (κ3) is 11.2. The molecule has 0 nitrogen and oxygen atoms in total. The summed E-state index contributed by atoms with van der Waals surface area (Å²) in [6.07, 6.45) is 6.08. The molecule has 0 aliphatic heterocycles. The van der Waals surface area contributed by atoms with Crippen molar-refractivity contribution in [3.8, 4) is 0 Å². The van der Waals surface area contributed by atoms with Crippen molar-refractivity contribution >= 4 is 0 Å². The Hall–Kier alpha value is -0.780. The van der Waals surface area contributed by atoms with Crippen molar-refractivity contribution in [1.29, 1.82) is 0 Å². The molecule has 0 atom stereocenters. The number of rotatable bonds is 4. The molecule has 0 spiro atoms. The lowest BCUT2D eigenvalue weighted by atomic mass is 10.1. The van der Waals surface area contributed by atoms with Crippen LogP contribution in [0.4, 0.5) is 0 Å². The maximum atomic E-state index is 3.74. The predicted molar refractivity (Wildman–Crippen MR) is 70.7 cm³/mol. The molecule has 0 aromatic carbocycles. The van der Waals surface area contributed by atoms with Crippen LogP contribution in [0, 0.1) is 0 Å². The summed E-state index contributed by atoms with van der Waals surface area (Å²) >= 11 is 0. The lowest BCUT2D eigenvalue weighted by Gasteiger charge is -2.01. The molecule has 0 saturated heterocycles. The molecule has 0 fully saturated rings. The summed E-state index contributed by atoms with van der Waals surface area (Å²) < 4.78 is 0. The maximum absolute atomic E-state index is 3.74. The highest BCUT2D eigenvalue weighted by Crippen LogP contribution is 2.11. The zero-order chi connectivity index (χ0) is 12.0. The van der Waals surface area contributed by atoms with Crippen LogP contribution in [-0.2, 0) is 0 Å². The summed E-state index contributed by atoms with van der Waals surface area (Å²) in [6, 6.07) is 0. The van der Waals surface area contributed by atoms with Gasteiger partial charge in [0.2, 0.25) is 0 Å². The van der Waals surface area contributed by atoms with E-state index in [9.17, 15) is 0 Å². The van der Waals surface area contributed by atoms with Gasteiger partial charge < -0.3 is 0 Å². The first-order chi connectivity index (χ1) is 6.76. The van der Waals surface area contributed by atoms with Gasteiger partial charge in [-0.15, -0.1) is 0 Å². The molecule has 0 unspecified atom stereocenters. The normalized spacial score (nSPS) is 9.57. The zero-order valence-electron chi connectivity index (χ0n) is 11.0. The van der Waals surface area contributed by atoms with Crippen molar-refractivity contribution in [2.75, 3.05) is 0 Å².